The van der Waals surface area contributed by atoms with Crippen LogP contribution in [0.1, 0.15) is 25.0 Å². The van der Waals surface area contributed by atoms with Crippen LogP contribution in [0.4, 0.5) is 10.5 Å². The van der Waals surface area contributed by atoms with Gasteiger partial charge in [-0.1, -0.05) is 6.07 Å². The van der Waals surface area contributed by atoms with Gasteiger partial charge in [0.05, 0.1) is 13.1 Å². The molecule has 1 N–H and O–H groups in total. The van der Waals surface area contributed by atoms with Crippen molar-refractivity contribution in [3.8, 4) is 0 Å². The molecule has 0 aromatic heterocycles. The lowest BCUT2D eigenvalue weighted by Crippen LogP contribution is -2.33. The molecule has 0 unspecified atom stereocenters. The molecule has 2 heterocycles. The van der Waals surface area contributed by atoms with Gasteiger partial charge in [-0.15, -0.1) is 0 Å². The molecule has 7 heteroatoms. The molecule has 25 heavy (non-hydrogen) atoms. The molecule has 0 bridgehead atoms. The number of carbonyl (C=O) groups is 3. The number of carbonyl (C=O) groups excluding carboxylic acids is 3. The molecule has 1 aromatic rings. The summed E-state index contributed by atoms with van der Waals surface area (Å²) in [5.41, 5.74) is 3.18. The number of cyclic esters (lactones) is 1. The lowest BCUT2D eigenvalue weighted by molar-refractivity contribution is -0.128. The van der Waals surface area contributed by atoms with Gasteiger partial charge in [0.2, 0.25) is 11.8 Å². The van der Waals surface area contributed by atoms with Gasteiger partial charge >= 0.3 is 6.09 Å². The standard InChI is InChI=1S/C18H23N3O4/c1-12(22)19-10-17-11-21(18(24)25-17)16-4-3-14-5-7-20(13(2)23)8-6-15(14)9-16/h3-4,9,17H,5-8,10-11H2,1-2H3,(H,19,22)/t17-/m0/s1. The first-order valence-electron chi connectivity index (χ1n) is 8.54. The fraction of sp³-hybridized carbons (Fsp3) is 0.500. The second kappa shape index (κ2) is 7.13. The van der Waals surface area contributed by atoms with E-state index in [0.717, 1.165) is 25.1 Å². The maximum absolute atomic E-state index is 12.1. The lowest BCUT2D eigenvalue weighted by Gasteiger charge is -2.17. The summed E-state index contributed by atoms with van der Waals surface area (Å²) in [6, 6.07) is 5.97. The molecule has 2 aliphatic heterocycles. The molecule has 2 aliphatic rings. The molecule has 0 aliphatic carbocycles. The number of anilines is 1. The van der Waals surface area contributed by atoms with Crippen molar-refractivity contribution in [2.75, 3.05) is 31.1 Å². The van der Waals surface area contributed by atoms with E-state index >= 15 is 0 Å². The molecular weight excluding hydrogens is 322 g/mol. The van der Waals surface area contributed by atoms with E-state index in [4.69, 9.17) is 4.74 Å². The summed E-state index contributed by atoms with van der Waals surface area (Å²) in [4.78, 5) is 38.2. The summed E-state index contributed by atoms with van der Waals surface area (Å²) in [5, 5.41) is 2.67. The van der Waals surface area contributed by atoms with Crippen molar-refractivity contribution >= 4 is 23.6 Å². The monoisotopic (exact) mass is 345 g/mol. The Bertz CT molecular complexity index is 704. The van der Waals surface area contributed by atoms with E-state index in [-0.39, 0.29) is 17.9 Å². The van der Waals surface area contributed by atoms with Gasteiger partial charge in [-0.05, 0) is 36.1 Å². The van der Waals surface area contributed by atoms with Gasteiger partial charge in [-0.2, -0.15) is 0 Å². The normalized spacial score (nSPS) is 19.9. The smallest absolute Gasteiger partial charge is 0.414 e. The predicted molar refractivity (Wildman–Crippen MR) is 92.4 cm³/mol. The Hall–Kier alpha value is -2.57. The van der Waals surface area contributed by atoms with Gasteiger partial charge in [0.1, 0.15) is 6.10 Å². The van der Waals surface area contributed by atoms with Crippen LogP contribution in [0.25, 0.3) is 0 Å². The van der Waals surface area contributed by atoms with E-state index < -0.39 is 6.09 Å². The van der Waals surface area contributed by atoms with Crippen LogP contribution in [0.3, 0.4) is 0 Å². The van der Waals surface area contributed by atoms with Crippen molar-refractivity contribution in [1.82, 2.24) is 10.2 Å². The Morgan fingerprint density at radius 2 is 1.92 bits per heavy atom. The molecule has 1 atom stereocenters. The minimum atomic E-state index is -0.394. The summed E-state index contributed by atoms with van der Waals surface area (Å²) in [6.45, 7) is 5.18. The molecule has 0 saturated carbocycles. The highest BCUT2D eigenvalue weighted by atomic mass is 16.6. The summed E-state index contributed by atoms with van der Waals surface area (Å²) in [7, 11) is 0. The van der Waals surface area contributed by atoms with E-state index in [0.29, 0.717) is 19.6 Å². The van der Waals surface area contributed by atoms with Gasteiger partial charge in [-0.3, -0.25) is 14.5 Å². The largest absolute Gasteiger partial charge is 0.442 e. The van der Waals surface area contributed by atoms with Crippen molar-refractivity contribution in [2.45, 2.75) is 32.8 Å². The fourth-order valence-corrected chi connectivity index (χ4v) is 3.29. The first-order valence-corrected chi connectivity index (χ1v) is 8.54. The molecule has 3 rings (SSSR count). The number of hydrogen-bond acceptors (Lipinski definition) is 4. The van der Waals surface area contributed by atoms with Crippen LogP contribution in [0.2, 0.25) is 0 Å². The maximum atomic E-state index is 12.1. The van der Waals surface area contributed by atoms with Gasteiger partial charge in [0.15, 0.2) is 0 Å². The Morgan fingerprint density at radius 3 is 2.60 bits per heavy atom. The average molecular weight is 345 g/mol. The number of ether oxygens (including phenoxy) is 1. The van der Waals surface area contributed by atoms with E-state index in [2.05, 4.69) is 5.32 Å². The number of hydrogen-bond donors (Lipinski definition) is 1. The van der Waals surface area contributed by atoms with Crippen molar-refractivity contribution in [2.24, 2.45) is 0 Å². The molecular formula is C18H23N3O4. The molecule has 0 spiro atoms. The Balaban J connectivity index is 1.71. The maximum Gasteiger partial charge on any atom is 0.414 e. The summed E-state index contributed by atoms with van der Waals surface area (Å²) in [6.07, 6.45) is 0.865. The molecule has 7 nitrogen and oxygen atoms in total. The zero-order chi connectivity index (χ0) is 18.0. The van der Waals surface area contributed by atoms with Gasteiger partial charge in [0, 0.05) is 32.6 Å². The number of fused-ring (bicyclic) bond motifs is 1. The van der Waals surface area contributed by atoms with Crippen molar-refractivity contribution in [3.05, 3.63) is 29.3 Å². The average Bonchev–Trinajstić information content (AvgIpc) is 2.80. The van der Waals surface area contributed by atoms with E-state index in [1.807, 2.05) is 23.1 Å². The SMILES string of the molecule is CC(=O)NC[C@H]1CN(c2ccc3c(c2)CCN(C(C)=O)CC3)C(=O)O1. The molecule has 134 valence electrons. The van der Waals surface area contributed by atoms with Crippen LogP contribution in [0, 0.1) is 0 Å². The zero-order valence-corrected chi connectivity index (χ0v) is 14.6. The van der Waals surface area contributed by atoms with Crippen molar-refractivity contribution in [1.29, 1.82) is 0 Å². The Labute approximate surface area is 146 Å². The number of rotatable bonds is 3. The summed E-state index contributed by atoms with van der Waals surface area (Å²) in [5.74, 6) is -0.0495. The van der Waals surface area contributed by atoms with Crippen LogP contribution in [-0.2, 0) is 27.2 Å². The number of nitrogens with one attached hydrogen (secondary N) is 1. The van der Waals surface area contributed by atoms with E-state index in [1.165, 1.54) is 18.1 Å². The molecule has 1 aromatic carbocycles. The Kier molecular flexibility index (Phi) is 4.92. The van der Waals surface area contributed by atoms with Crippen LogP contribution >= 0.6 is 0 Å². The topological polar surface area (TPSA) is 79.0 Å². The third kappa shape index (κ3) is 3.92. The molecule has 0 radical (unpaired) electrons. The minimum absolute atomic E-state index is 0.0944. The highest BCUT2D eigenvalue weighted by Gasteiger charge is 2.32. The Morgan fingerprint density at radius 1 is 1.20 bits per heavy atom. The summed E-state index contributed by atoms with van der Waals surface area (Å²) < 4.78 is 5.32. The third-order valence-corrected chi connectivity index (χ3v) is 4.70. The zero-order valence-electron chi connectivity index (χ0n) is 14.6. The van der Waals surface area contributed by atoms with Crippen molar-refractivity contribution < 1.29 is 19.1 Å². The second-order valence-corrected chi connectivity index (χ2v) is 6.51. The van der Waals surface area contributed by atoms with Crippen LogP contribution in [0.5, 0.6) is 0 Å². The first-order chi connectivity index (χ1) is 11.9. The third-order valence-electron chi connectivity index (χ3n) is 4.70. The molecule has 1 fully saturated rings. The number of nitrogens with zero attached hydrogens (tertiary/aromatic N) is 2. The minimum Gasteiger partial charge on any atom is -0.442 e. The van der Waals surface area contributed by atoms with Crippen LogP contribution < -0.4 is 10.2 Å². The van der Waals surface area contributed by atoms with Crippen molar-refractivity contribution in [3.63, 3.8) is 0 Å². The lowest BCUT2D eigenvalue weighted by atomic mass is 10.0. The first kappa shape index (κ1) is 17.3. The van der Waals surface area contributed by atoms with E-state index in [1.54, 1.807) is 11.8 Å². The summed E-state index contributed by atoms with van der Waals surface area (Å²) >= 11 is 0. The van der Waals surface area contributed by atoms with Crippen LogP contribution in [0.15, 0.2) is 18.2 Å². The van der Waals surface area contributed by atoms with Gasteiger partial charge < -0.3 is 15.0 Å². The van der Waals surface area contributed by atoms with Gasteiger partial charge in [-0.25, -0.2) is 4.79 Å². The molecule has 1 saturated heterocycles. The number of amides is 3. The second-order valence-electron chi connectivity index (χ2n) is 6.51. The molecule has 3 amide bonds. The highest BCUT2D eigenvalue weighted by Crippen LogP contribution is 2.26. The predicted octanol–water partition coefficient (Wildman–Crippen LogP) is 1.09. The van der Waals surface area contributed by atoms with Gasteiger partial charge in [0.25, 0.3) is 0 Å². The number of benzene rings is 1. The quantitative estimate of drug-likeness (QED) is 0.890. The highest BCUT2D eigenvalue weighted by molar-refractivity contribution is 5.90. The fourth-order valence-electron chi connectivity index (χ4n) is 3.29. The van der Waals surface area contributed by atoms with Crippen LogP contribution in [-0.4, -0.2) is 55.1 Å². The van der Waals surface area contributed by atoms with E-state index in [9.17, 15) is 14.4 Å².